The predicted molar refractivity (Wildman–Crippen MR) is 106 cm³/mol. The van der Waals surface area contributed by atoms with Crippen LogP contribution >= 0.6 is 11.8 Å². The zero-order chi connectivity index (χ0) is 20.1. The van der Waals surface area contributed by atoms with Crippen molar-refractivity contribution < 1.29 is 14.3 Å². The van der Waals surface area contributed by atoms with E-state index >= 15 is 0 Å². The number of hydrogen-bond acceptors (Lipinski definition) is 7. The lowest BCUT2D eigenvalue weighted by molar-refractivity contribution is -0.129. The Balaban J connectivity index is 1.75. The lowest BCUT2D eigenvalue weighted by Gasteiger charge is -2.30. The van der Waals surface area contributed by atoms with Crippen LogP contribution < -0.4 is 4.74 Å². The van der Waals surface area contributed by atoms with Crippen LogP contribution in [0.5, 0.6) is 5.88 Å². The number of carbonyl (C=O) groups excluding carboxylic acids is 1. The number of methoxy groups -OCH3 is 2. The first-order chi connectivity index (χ1) is 13.5. The Kier molecular flexibility index (Phi) is 6.95. The molecule has 10 heteroatoms. The highest BCUT2D eigenvalue weighted by Gasteiger charge is 2.23. The Hall–Kier alpha value is -2.07. The summed E-state index contributed by atoms with van der Waals surface area (Å²) in [6, 6.07) is 0. The van der Waals surface area contributed by atoms with Gasteiger partial charge >= 0.3 is 0 Å². The summed E-state index contributed by atoms with van der Waals surface area (Å²) in [6.45, 7) is 5.01. The Morgan fingerprint density at radius 1 is 1.29 bits per heavy atom. The second-order valence-corrected chi connectivity index (χ2v) is 7.97. The first kappa shape index (κ1) is 20.7. The van der Waals surface area contributed by atoms with Gasteiger partial charge in [-0.2, -0.15) is 0 Å². The molecule has 0 N–H and O–H groups in total. The number of nitrogens with zero attached hydrogens (tertiary/aromatic N) is 6. The molecule has 1 amide bonds. The maximum Gasteiger partial charge on any atom is 0.243 e. The number of piperidine rings is 1. The molecule has 154 valence electrons. The van der Waals surface area contributed by atoms with Crippen molar-refractivity contribution in [1.82, 2.24) is 29.4 Å². The Bertz CT molecular complexity index is 797. The van der Waals surface area contributed by atoms with Crippen LogP contribution in [0.15, 0.2) is 11.4 Å². The van der Waals surface area contributed by atoms with Crippen molar-refractivity contribution in [3.05, 3.63) is 6.20 Å². The van der Waals surface area contributed by atoms with Gasteiger partial charge in [0.2, 0.25) is 11.8 Å². The molecule has 1 saturated heterocycles. The van der Waals surface area contributed by atoms with Crippen molar-refractivity contribution in [2.75, 3.05) is 39.7 Å². The minimum absolute atomic E-state index is 0.152. The molecule has 0 radical (unpaired) electrons. The molecule has 0 bridgehead atoms. The molecule has 1 aliphatic rings. The lowest BCUT2D eigenvalue weighted by Crippen LogP contribution is -2.38. The number of likely N-dealkylation sites (tertiary alicyclic amines) is 1. The van der Waals surface area contributed by atoms with Crippen LogP contribution in [-0.4, -0.2) is 75.0 Å². The van der Waals surface area contributed by atoms with Crippen LogP contribution in [0.4, 0.5) is 0 Å². The number of thioether (sulfide) groups is 1. The number of hydrogen-bond donors (Lipinski definition) is 0. The highest BCUT2D eigenvalue weighted by atomic mass is 32.2. The van der Waals surface area contributed by atoms with E-state index in [1.807, 2.05) is 22.7 Å². The van der Waals surface area contributed by atoms with Gasteiger partial charge in [-0.3, -0.25) is 14.0 Å². The fourth-order valence-corrected chi connectivity index (χ4v) is 4.09. The van der Waals surface area contributed by atoms with E-state index in [2.05, 4.69) is 22.2 Å². The van der Waals surface area contributed by atoms with Crippen molar-refractivity contribution in [2.45, 2.75) is 31.5 Å². The summed E-state index contributed by atoms with van der Waals surface area (Å²) in [5, 5.41) is 13.6. The number of carbonyl (C=O) groups is 1. The molecule has 0 aromatic carbocycles. The molecule has 2 aromatic rings. The van der Waals surface area contributed by atoms with Crippen LogP contribution in [0.2, 0.25) is 0 Å². The van der Waals surface area contributed by atoms with E-state index in [9.17, 15) is 4.79 Å². The largest absolute Gasteiger partial charge is 0.479 e. The third kappa shape index (κ3) is 4.67. The molecule has 0 unspecified atom stereocenters. The second kappa shape index (κ2) is 9.42. The Morgan fingerprint density at radius 2 is 2.04 bits per heavy atom. The quantitative estimate of drug-likeness (QED) is 0.614. The van der Waals surface area contributed by atoms with Crippen LogP contribution in [-0.2, 0) is 23.1 Å². The fourth-order valence-electron chi connectivity index (χ4n) is 3.23. The van der Waals surface area contributed by atoms with Crippen molar-refractivity contribution >= 4 is 17.7 Å². The van der Waals surface area contributed by atoms with E-state index in [4.69, 9.17) is 9.47 Å². The third-order valence-electron chi connectivity index (χ3n) is 4.93. The zero-order valence-electron chi connectivity index (χ0n) is 16.9. The van der Waals surface area contributed by atoms with Gasteiger partial charge in [0.05, 0.1) is 26.0 Å². The van der Waals surface area contributed by atoms with Gasteiger partial charge in [-0.25, -0.2) is 0 Å². The topological polar surface area (TPSA) is 87.3 Å². The normalized spacial score (nSPS) is 15.2. The molecule has 0 aliphatic carbocycles. The Morgan fingerprint density at radius 3 is 2.71 bits per heavy atom. The molecular formula is C18H28N6O3S. The van der Waals surface area contributed by atoms with Gasteiger partial charge < -0.3 is 14.4 Å². The first-order valence-electron chi connectivity index (χ1n) is 9.44. The fraction of sp³-hybridized carbons (Fsp3) is 0.667. The van der Waals surface area contributed by atoms with E-state index in [1.54, 1.807) is 18.9 Å². The van der Waals surface area contributed by atoms with Gasteiger partial charge in [0.25, 0.3) is 0 Å². The number of amides is 1. The van der Waals surface area contributed by atoms with Crippen LogP contribution in [0, 0.1) is 5.92 Å². The molecule has 1 fully saturated rings. The summed E-state index contributed by atoms with van der Waals surface area (Å²) in [6.07, 6.45) is 4.00. The van der Waals surface area contributed by atoms with E-state index in [0.29, 0.717) is 41.7 Å². The summed E-state index contributed by atoms with van der Waals surface area (Å²) >= 11 is 1.41. The highest BCUT2D eigenvalue weighted by Crippen LogP contribution is 2.30. The summed E-state index contributed by atoms with van der Waals surface area (Å²) in [7, 11) is 5.06. The van der Waals surface area contributed by atoms with Crippen LogP contribution in [0.25, 0.3) is 11.4 Å². The van der Waals surface area contributed by atoms with Crippen LogP contribution in [0.3, 0.4) is 0 Å². The smallest absolute Gasteiger partial charge is 0.243 e. The molecule has 0 saturated carbocycles. The third-order valence-corrected chi connectivity index (χ3v) is 5.88. The maximum atomic E-state index is 12.6. The van der Waals surface area contributed by atoms with Gasteiger partial charge in [0.1, 0.15) is 5.56 Å². The summed E-state index contributed by atoms with van der Waals surface area (Å²) in [5.74, 6) is 2.35. The van der Waals surface area contributed by atoms with E-state index in [-0.39, 0.29) is 5.91 Å². The van der Waals surface area contributed by atoms with Gasteiger partial charge in [0, 0.05) is 33.4 Å². The molecule has 28 heavy (non-hydrogen) atoms. The highest BCUT2D eigenvalue weighted by molar-refractivity contribution is 7.99. The molecule has 0 spiro atoms. The zero-order valence-corrected chi connectivity index (χ0v) is 17.7. The number of ether oxygens (including phenoxy) is 2. The van der Waals surface area contributed by atoms with E-state index in [1.165, 1.54) is 11.8 Å². The van der Waals surface area contributed by atoms with Gasteiger partial charge in [0.15, 0.2) is 11.0 Å². The standard InChI is InChI=1S/C18H28N6O3S/c1-13-5-7-23(8-6-13)15(25)12-28-18-20-19-16(24(18)9-10-26-3)14-11-22(2)21-17(14)27-4/h11,13H,5-10,12H2,1-4H3. The van der Waals surface area contributed by atoms with Gasteiger partial charge in [-0.05, 0) is 18.8 Å². The van der Waals surface area contributed by atoms with Crippen LogP contribution in [0.1, 0.15) is 19.8 Å². The average molecular weight is 409 g/mol. The lowest BCUT2D eigenvalue weighted by atomic mass is 9.99. The molecule has 0 atom stereocenters. The first-order valence-corrected chi connectivity index (χ1v) is 10.4. The number of aromatic nitrogens is 5. The number of aryl methyl sites for hydroxylation is 1. The monoisotopic (exact) mass is 408 g/mol. The minimum Gasteiger partial charge on any atom is -0.479 e. The summed E-state index contributed by atoms with van der Waals surface area (Å²) < 4.78 is 14.2. The second-order valence-electron chi connectivity index (χ2n) is 7.03. The van der Waals surface area contributed by atoms with E-state index < -0.39 is 0 Å². The SMILES string of the molecule is COCCn1c(SCC(=O)N2CCC(C)CC2)nnc1-c1cn(C)nc1OC. The molecule has 2 aromatic heterocycles. The predicted octanol–water partition coefficient (Wildman–Crippen LogP) is 1.68. The van der Waals surface area contributed by atoms with Crippen molar-refractivity contribution in [3.8, 4) is 17.3 Å². The van der Waals surface area contributed by atoms with Gasteiger partial charge in [-0.1, -0.05) is 18.7 Å². The summed E-state index contributed by atoms with van der Waals surface area (Å²) in [5.41, 5.74) is 0.761. The molecule has 1 aliphatic heterocycles. The molecule has 9 nitrogen and oxygen atoms in total. The molecule has 3 rings (SSSR count). The minimum atomic E-state index is 0.152. The Labute approximate surface area is 169 Å². The van der Waals surface area contributed by atoms with Crippen molar-refractivity contribution in [3.63, 3.8) is 0 Å². The summed E-state index contributed by atoms with van der Waals surface area (Å²) in [4.78, 5) is 14.5. The molecule has 3 heterocycles. The molecular weight excluding hydrogens is 380 g/mol. The van der Waals surface area contributed by atoms with Crippen molar-refractivity contribution in [2.24, 2.45) is 13.0 Å². The van der Waals surface area contributed by atoms with Gasteiger partial charge in [-0.15, -0.1) is 15.3 Å². The number of rotatable bonds is 8. The maximum absolute atomic E-state index is 12.6. The van der Waals surface area contributed by atoms with E-state index in [0.717, 1.165) is 31.5 Å². The van der Waals surface area contributed by atoms with Crippen molar-refractivity contribution in [1.29, 1.82) is 0 Å². The average Bonchev–Trinajstić information content (AvgIpc) is 3.27.